The van der Waals surface area contributed by atoms with Gasteiger partial charge in [0.25, 0.3) is 5.92 Å². The molecular weight excluding hydrogens is 453 g/mol. The molecule has 0 bridgehead atoms. The first-order chi connectivity index (χ1) is 12.1. The van der Waals surface area contributed by atoms with Gasteiger partial charge < -0.3 is 15.5 Å². The van der Waals surface area contributed by atoms with Crippen LogP contribution >= 0.6 is 24.0 Å². The summed E-state index contributed by atoms with van der Waals surface area (Å²) in [5.74, 6) is -2.23. The number of alkyl halides is 2. The molecule has 1 saturated heterocycles. The van der Waals surface area contributed by atoms with Crippen LogP contribution in [-0.4, -0.2) is 53.6 Å². The fourth-order valence-electron chi connectivity index (χ4n) is 2.64. The van der Waals surface area contributed by atoms with Gasteiger partial charge in [-0.15, -0.1) is 24.0 Å². The maximum absolute atomic E-state index is 14.2. The van der Waals surface area contributed by atoms with Gasteiger partial charge in [-0.05, 0) is 6.07 Å². The fraction of sp³-hybridized carbons (Fsp3) is 0.353. The second-order valence-electron chi connectivity index (χ2n) is 5.77. The van der Waals surface area contributed by atoms with Gasteiger partial charge in [-0.1, -0.05) is 30.3 Å². The Bertz CT molecular complexity index is 706. The van der Waals surface area contributed by atoms with Crippen molar-refractivity contribution in [2.24, 2.45) is 10.7 Å². The fourth-order valence-corrected chi connectivity index (χ4v) is 2.64. The number of aliphatic imine (C=N–C) groups is 1. The molecule has 2 aromatic rings. The lowest BCUT2D eigenvalue weighted by atomic mass is 10.1. The number of nitrogens with zero attached hydrogens (tertiary/aromatic N) is 5. The van der Waals surface area contributed by atoms with E-state index in [1.165, 1.54) is 12.1 Å². The third kappa shape index (κ3) is 4.99. The van der Waals surface area contributed by atoms with Crippen molar-refractivity contribution in [1.29, 1.82) is 0 Å². The van der Waals surface area contributed by atoms with E-state index >= 15 is 0 Å². The SMILES string of the molecule is I.NC(=NCC(F)(F)c1ccccc1)N1CCN(c2ncccn2)CC1. The number of hydrogen-bond donors (Lipinski definition) is 1. The van der Waals surface area contributed by atoms with Gasteiger partial charge in [0, 0.05) is 44.1 Å². The van der Waals surface area contributed by atoms with Gasteiger partial charge in [0.05, 0.1) is 0 Å². The number of halogens is 3. The Kier molecular flexibility index (Phi) is 7.06. The van der Waals surface area contributed by atoms with Crippen molar-refractivity contribution >= 4 is 35.9 Å². The van der Waals surface area contributed by atoms with Crippen LogP contribution in [-0.2, 0) is 5.92 Å². The molecule has 3 rings (SSSR count). The summed E-state index contributed by atoms with van der Waals surface area (Å²) in [5.41, 5.74) is 5.85. The summed E-state index contributed by atoms with van der Waals surface area (Å²) < 4.78 is 28.3. The monoisotopic (exact) mass is 474 g/mol. The van der Waals surface area contributed by atoms with Gasteiger partial charge in [-0.25, -0.2) is 15.0 Å². The molecule has 1 aliphatic rings. The van der Waals surface area contributed by atoms with E-state index in [-0.39, 0.29) is 35.5 Å². The first-order valence-electron chi connectivity index (χ1n) is 8.06. The molecule has 2 N–H and O–H groups in total. The third-order valence-electron chi connectivity index (χ3n) is 4.07. The Hall–Kier alpha value is -2.04. The van der Waals surface area contributed by atoms with Crippen molar-refractivity contribution < 1.29 is 8.78 Å². The van der Waals surface area contributed by atoms with Gasteiger partial charge in [0.1, 0.15) is 6.54 Å². The van der Waals surface area contributed by atoms with Crippen LogP contribution in [0.5, 0.6) is 0 Å². The maximum atomic E-state index is 14.2. The molecule has 140 valence electrons. The topological polar surface area (TPSA) is 70.6 Å². The highest BCUT2D eigenvalue weighted by Crippen LogP contribution is 2.27. The molecule has 2 heterocycles. The molecule has 1 aliphatic heterocycles. The lowest BCUT2D eigenvalue weighted by Gasteiger charge is -2.35. The molecule has 1 aromatic carbocycles. The highest BCUT2D eigenvalue weighted by atomic mass is 127. The van der Waals surface area contributed by atoms with E-state index in [4.69, 9.17) is 5.73 Å². The van der Waals surface area contributed by atoms with Crippen molar-refractivity contribution in [2.75, 3.05) is 37.6 Å². The summed E-state index contributed by atoms with van der Waals surface area (Å²) in [6.45, 7) is 1.84. The lowest BCUT2D eigenvalue weighted by Crippen LogP contribution is -2.51. The predicted molar refractivity (Wildman–Crippen MR) is 108 cm³/mol. The van der Waals surface area contributed by atoms with E-state index in [2.05, 4.69) is 15.0 Å². The molecule has 0 spiro atoms. The molecule has 0 amide bonds. The number of nitrogens with two attached hydrogens (primary N) is 1. The van der Waals surface area contributed by atoms with Crippen LogP contribution in [0.4, 0.5) is 14.7 Å². The first-order valence-corrected chi connectivity index (χ1v) is 8.06. The minimum Gasteiger partial charge on any atom is -0.370 e. The normalized spacial score (nSPS) is 15.5. The Morgan fingerprint density at radius 1 is 1.04 bits per heavy atom. The number of piperazine rings is 1. The zero-order valence-electron chi connectivity index (χ0n) is 14.1. The molecule has 0 atom stereocenters. The zero-order chi connectivity index (χ0) is 17.7. The van der Waals surface area contributed by atoms with Gasteiger partial charge in [-0.2, -0.15) is 8.78 Å². The molecule has 0 aliphatic carbocycles. The van der Waals surface area contributed by atoms with Crippen molar-refractivity contribution in [3.63, 3.8) is 0 Å². The standard InChI is InChI=1S/C17H20F2N6.HI/c18-17(19,14-5-2-1-3-6-14)13-23-15(20)24-9-11-25(12-10-24)16-21-7-4-8-22-16;/h1-8H,9-13H2,(H2,20,23);1H. The summed E-state index contributed by atoms with van der Waals surface area (Å²) in [7, 11) is 0. The molecule has 26 heavy (non-hydrogen) atoms. The number of rotatable bonds is 4. The summed E-state index contributed by atoms with van der Waals surface area (Å²) in [4.78, 5) is 16.2. The molecule has 1 aromatic heterocycles. The summed E-state index contributed by atoms with van der Waals surface area (Å²) in [6.07, 6.45) is 3.38. The van der Waals surface area contributed by atoms with E-state index in [0.29, 0.717) is 32.1 Å². The Morgan fingerprint density at radius 3 is 2.27 bits per heavy atom. The van der Waals surface area contributed by atoms with Crippen molar-refractivity contribution in [2.45, 2.75) is 5.92 Å². The van der Waals surface area contributed by atoms with Gasteiger partial charge in [0.2, 0.25) is 5.95 Å². The van der Waals surface area contributed by atoms with E-state index in [0.717, 1.165) is 0 Å². The maximum Gasteiger partial charge on any atom is 0.292 e. The minimum atomic E-state index is -3.04. The molecule has 6 nitrogen and oxygen atoms in total. The second kappa shape index (κ2) is 9.06. The largest absolute Gasteiger partial charge is 0.370 e. The first kappa shape index (κ1) is 20.3. The average molecular weight is 474 g/mol. The van der Waals surface area contributed by atoms with E-state index in [9.17, 15) is 8.78 Å². The lowest BCUT2D eigenvalue weighted by molar-refractivity contribution is 0.00624. The zero-order valence-corrected chi connectivity index (χ0v) is 16.5. The van der Waals surface area contributed by atoms with E-state index in [1.54, 1.807) is 41.6 Å². The second-order valence-corrected chi connectivity index (χ2v) is 5.77. The number of anilines is 1. The smallest absolute Gasteiger partial charge is 0.292 e. The highest BCUT2D eigenvalue weighted by Gasteiger charge is 2.31. The van der Waals surface area contributed by atoms with Crippen LogP contribution in [0.2, 0.25) is 0 Å². The predicted octanol–water partition coefficient (Wildman–Crippen LogP) is 2.32. The van der Waals surface area contributed by atoms with Crippen LogP contribution in [0.1, 0.15) is 5.56 Å². The van der Waals surface area contributed by atoms with E-state index in [1.807, 2.05) is 4.90 Å². The van der Waals surface area contributed by atoms with Crippen LogP contribution in [0.15, 0.2) is 53.8 Å². The molecule has 0 saturated carbocycles. The minimum absolute atomic E-state index is 0. The van der Waals surface area contributed by atoms with Gasteiger partial charge >= 0.3 is 0 Å². The van der Waals surface area contributed by atoms with Crippen LogP contribution in [0.3, 0.4) is 0 Å². The Labute approximate surface area is 168 Å². The Balaban J connectivity index is 0.00000243. The molecule has 0 radical (unpaired) electrons. The number of hydrogen-bond acceptors (Lipinski definition) is 4. The summed E-state index contributed by atoms with van der Waals surface area (Å²) >= 11 is 0. The number of benzene rings is 1. The quantitative estimate of drug-likeness (QED) is 0.419. The number of guanidine groups is 1. The van der Waals surface area contributed by atoms with Crippen molar-refractivity contribution in [3.8, 4) is 0 Å². The van der Waals surface area contributed by atoms with E-state index < -0.39 is 12.5 Å². The highest BCUT2D eigenvalue weighted by molar-refractivity contribution is 14.0. The van der Waals surface area contributed by atoms with Crippen LogP contribution in [0, 0.1) is 0 Å². The molecule has 0 unspecified atom stereocenters. The van der Waals surface area contributed by atoms with Gasteiger partial charge in [0.15, 0.2) is 5.96 Å². The molecular formula is C17H21F2IN6. The van der Waals surface area contributed by atoms with Crippen molar-refractivity contribution in [3.05, 3.63) is 54.4 Å². The number of aromatic nitrogens is 2. The summed E-state index contributed by atoms with van der Waals surface area (Å²) in [6, 6.07) is 9.42. The Morgan fingerprint density at radius 2 is 1.65 bits per heavy atom. The molecule has 9 heteroatoms. The molecule has 1 fully saturated rings. The average Bonchev–Trinajstić information content (AvgIpc) is 2.68. The van der Waals surface area contributed by atoms with Gasteiger partial charge in [-0.3, -0.25) is 0 Å². The van der Waals surface area contributed by atoms with Crippen LogP contribution < -0.4 is 10.6 Å². The van der Waals surface area contributed by atoms with Crippen LogP contribution in [0.25, 0.3) is 0 Å². The third-order valence-corrected chi connectivity index (χ3v) is 4.07. The van der Waals surface area contributed by atoms with Crippen molar-refractivity contribution in [1.82, 2.24) is 14.9 Å². The summed E-state index contributed by atoms with van der Waals surface area (Å²) in [5, 5.41) is 0.